The molecule has 0 saturated carbocycles. The Morgan fingerprint density at radius 3 is 2.78 bits per heavy atom. The molecule has 5 heteroatoms. The first kappa shape index (κ1) is 12.8. The Kier molecular flexibility index (Phi) is 3.81. The van der Waals surface area contributed by atoms with Gasteiger partial charge in [-0.25, -0.2) is 4.98 Å². The normalized spacial score (nSPS) is 17.7. The number of likely N-dealkylation sites (tertiary alicyclic amines) is 1. The first-order valence-corrected chi connectivity index (χ1v) is 6.26. The molecular weight excluding hydrogens is 228 g/mol. The number of pyridine rings is 1. The van der Waals surface area contributed by atoms with Crippen molar-refractivity contribution in [2.24, 2.45) is 0 Å². The third kappa shape index (κ3) is 2.61. The molecule has 1 saturated heterocycles. The molecule has 0 radical (unpaired) electrons. The first-order valence-electron chi connectivity index (χ1n) is 6.26. The van der Waals surface area contributed by atoms with Gasteiger partial charge in [0.25, 0.3) is 5.91 Å². The number of carbonyl (C=O) groups is 1. The van der Waals surface area contributed by atoms with E-state index >= 15 is 0 Å². The van der Waals surface area contributed by atoms with Crippen LogP contribution in [0.25, 0.3) is 0 Å². The van der Waals surface area contributed by atoms with Crippen LogP contribution in [0.4, 0.5) is 5.69 Å². The van der Waals surface area contributed by atoms with Crippen molar-refractivity contribution in [3.8, 4) is 0 Å². The van der Waals surface area contributed by atoms with Crippen molar-refractivity contribution in [2.45, 2.75) is 18.9 Å². The van der Waals surface area contributed by atoms with Gasteiger partial charge in [0.2, 0.25) is 0 Å². The molecule has 18 heavy (non-hydrogen) atoms. The van der Waals surface area contributed by atoms with Gasteiger partial charge in [-0.1, -0.05) is 0 Å². The molecule has 2 heterocycles. The summed E-state index contributed by atoms with van der Waals surface area (Å²) in [5.74, 6) is -0.0809. The fraction of sp³-hybridized carbons (Fsp3) is 0.538. The van der Waals surface area contributed by atoms with Crippen molar-refractivity contribution in [1.29, 1.82) is 0 Å². The third-order valence-corrected chi connectivity index (χ3v) is 3.60. The van der Waals surface area contributed by atoms with Crippen LogP contribution in [0.2, 0.25) is 0 Å². The Morgan fingerprint density at radius 2 is 2.17 bits per heavy atom. The number of piperidine rings is 1. The van der Waals surface area contributed by atoms with Gasteiger partial charge >= 0.3 is 0 Å². The Morgan fingerprint density at radius 1 is 1.50 bits per heavy atom. The lowest BCUT2D eigenvalue weighted by Gasteiger charge is -2.35. The Labute approximate surface area is 108 Å². The highest BCUT2D eigenvalue weighted by Gasteiger charge is 2.26. The van der Waals surface area contributed by atoms with Crippen LogP contribution in [0, 0.1) is 0 Å². The summed E-state index contributed by atoms with van der Waals surface area (Å²) in [4.78, 5) is 20.5. The molecular formula is C13H20N4O. The van der Waals surface area contributed by atoms with E-state index in [2.05, 4.69) is 16.9 Å². The molecule has 0 atom stereocenters. The van der Waals surface area contributed by atoms with Gasteiger partial charge in [0.1, 0.15) is 0 Å². The molecule has 2 N–H and O–H groups in total. The predicted octanol–water partition coefficient (Wildman–Crippen LogP) is 0.830. The van der Waals surface area contributed by atoms with Crippen LogP contribution in [0.1, 0.15) is 23.3 Å². The lowest BCUT2D eigenvalue weighted by Crippen LogP contribution is -2.44. The van der Waals surface area contributed by atoms with E-state index in [4.69, 9.17) is 5.73 Å². The number of carbonyl (C=O) groups excluding carboxylic acids is 1. The number of aromatic nitrogens is 1. The van der Waals surface area contributed by atoms with Gasteiger partial charge in [-0.05, 0) is 45.1 Å². The van der Waals surface area contributed by atoms with Crippen LogP contribution in [-0.4, -0.2) is 53.9 Å². The summed E-state index contributed by atoms with van der Waals surface area (Å²) in [5, 5.41) is 0. The molecule has 1 amide bonds. The fourth-order valence-electron chi connectivity index (χ4n) is 2.31. The number of nitrogen functional groups attached to an aromatic ring is 1. The van der Waals surface area contributed by atoms with Gasteiger partial charge in [0.15, 0.2) is 5.69 Å². The molecule has 1 aromatic heterocycles. The molecule has 0 spiro atoms. The maximum atomic E-state index is 12.3. The molecule has 0 bridgehead atoms. The standard InChI is InChI=1S/C13H20N4O/c1-16-8-5-10(6-9-16)17(2)13(18)12-11(14)4-3-7-15-12/h3-4,7,10H,5-6,8-9,14H2,1-2H3. The van der Waals surface area contributed by atoms with Crippen LogP contribution in [-0.2, 0) is 0 Å². The van der Waals surface area contributed by atoms with Gasteiger partial charge in [-0.3, -0.25) is 4.79 Å². The molecule has 1 aliphatic heterocycles. The summed E-state index contributed by atoms with van der Waals surface area (Å²) in [6.07, 6.45) is 3.61. The second-order valence-corrected chi connectivity index (χ2v) is 4.89. The largest absolute Gasteiger partial charge is 0.397 e. The molecule has 0 aromatic carbocycles. The first-order chi connectivity index (χ1) is 8.59. The molecule has 1 fully saturated rings. The Hall–Kier alpha value is -1.62. The molecule has 5 nitrogen and oxygen atoms in total. The van der Waals surface area contributed by atoms with Crippen molar-refractivity contribution in [1.82, 2.24) is 14.8 Å². The van der Waals surface area contributed by atoms with E-state index in [0.29, 0.717) is 11.4 Å². The number of anilines is 1. The predicted molar refractivity (Wildman–Crippen MR) is 71.3 cm³/mol. The van der Waals surface area contributed by atoms with E-state index in [9.17, 15) is 4.79 Å². The minimum absolute atomic E-state index is 0.0809. The van der Waals surface area contributed by atoms with E-state index in [-0.39, 0.29) is 11.9 Å². The summed E-state index contributed by atoms with van der Waals surface area (Å²) in [5.41, 5.74) is 6.60. The number of hydrogen-bond donors (Lipinski definition) is 1. The Bertz CT molecular complexity index is 427. The van der Waals surface area contributed by atoms with E-state index < -0.39 is 0 Å². The second-order valence-electron chi connectivity index (χ2n) is 4.89. The van der Waals surface area contributed by atoms with Gasteiger partial charge in [0.05, 0.1) is 5.69 Å². The molecule has 1 aliphatic rings. The minimum atomic E-state index is -0.0809. The van der Waals surface area contributed by atoms with Crippen molar-refractivity contribution in [3.05, 3.63) is 24.0 Å². The van der Waals surface area contributed by atoms with E-state index in [1.807, 2.05) is 7.05 Å². The lowest BCUT2D eigenvalue weighted by atomic mass is 10.0. The van der Waals surface area contributed by atoms with Gasteiger partial charge < -0.3 is 15.5 Å². The maximum Gasteiger partial charge on any atom is 0.274 e. The molecule has 2 rings (SSSR count). The zero-order valence-corrected chi connectivity index (χ0v) is 11.0. The van der Waals surface area contributed by atoms with E-state index in [1.54, 1.807) is 23.2 Å². The average molecular weight is 248 g/mol. The summed E-state index contributed by atoms with van der Waals surface area (Å²) >= 11 is 0. The minimum Gasteiger partial charge on any atom is -0.397 e. The van der Waals surface area contributed by atoms with Crippen LogP contribution in [0.15, 0.2) is 18.3 Å². The number of rotatable bonds is 2. The monoisotopic (exact) mass is 248 g/mol. The Balaban J connectivity index is 2.07. The maximum absolute atomic E-state index is 12.3. The van der Waals surface area contributed by atoms with Crippen molar-refractivity contribution < 1.29 is 4.79 Å². The number of nitrogens with two attached hydrogens (primary N) is 1. The topological polar surface area (TPSA) is 62.5 Å². The van der Waals surface area contributed by atoms with Crippen LogP contribution < -0.4 is 5.73 Å². The van der Waals surface area contributed by atoms with Crippen LogP contribution >= 0.6 is 0 Å². The molecule has 0 aliphatic carbocycles. The van der Waals surface area contributed by atoms with Gasteiger partial charge in [-0.15, -0.1) is 0 Å². The SMILES string of the molecule is CN1CCC(N(C)C(=O)c2ncccc2N)CC1. The fourth-order valence-corrected chi connectivity index (χ4v) is 2.31. The highest BCUT2D eigenvalue weighted by Crippen LogP contribution is 2.18. The summed E-state index contributed by atoms with van der Waals surface area (Å²) < 4.78 is 0. The lowest BCUT2D eigenvalue weighted by molar-refractivity contribution is 0.0655. The van der Waals surface area contributed by atoms with Crippen LogP contribution in [0.5, 0.6) is 0 Å². The smallest absolute Gasteiger partial charge is 0.274 e. The molecule has 1 aromatic rings. The highest BCUT2D eigenvalue weighted by molar-refractivity contribution is 5.97. The summed E-state index contributed by atoms with van der Waals surface area (Å²) in [7, 11) is 3.95. The number of nitrogens with zero attached hydrogens (tertiary/aromatic N) is 3. The van der Waals surface area contributed by atoms with E-state index in [0.717, 1.165) is 25.9 Å². The van der Waals surface area contributed by atoms with Crippen LogP contribution in [0.3, 0.4) is 0 Å². The third-order valence-electron chi connectivity index (χ3n) is 3.60. The van der Waals surface area contributed by atoms with Crippen molar-refractivity contribution >= 4 is 11.6 Å². The van der Waals surface area contributed by atoms with E-state index in [1.165, 1.54) is 0 Å². The van der Waals surface area contributed by atoms with Crippen molar-refractivity contribution in [3.63, 3.8) is 0 Å². The number of hydrogen-bond acceptors (Lipinski definition) is 4. The zero-order chi connectivity index (χ0) is 13.1. The highest BCUT2D eigenvalue weighted by atomic mass is 16.2. The quantitative estimate of drug-likeness (QED) is 0.842. The summed E-state index contributed by atoms with van der Waals surface area (Å²) in [6, 6.07) is 3.74. The molecule has 0 unspecified atom stereocenters. The zero-order valence-electron chi connectivity index (χ0n) is 11.0. The average Bonchev–Trinajstić information content (AvgIpc) is 2.38. The number of amides is 1. The second kappa shape index (κ2) is 5.35. The molecule has 98 valence electrons. The van der Waals surface area contributed by atoms with Gasteiger partial charge in [0, 0.05) is 19.3 Å². The van der Waals surface area contributed by atoms with Crippen molar-refractivity contribution in [2.75, 3.05) is 32.9 Å². The summed E-state index contributed by atoms with van der Waals surface area (Å²) in [6.45, 7) is 2.06. The van der Waals surface area contributed by atoms with Gasteiger partial charge in [-0.2, -0.15) is 0 Å².